The molecule has 1 aromatic carbocycles. The van der Waals surface area contributed by atoms with Crippen LogP contribution < -0.4 is 13.9 Å². The third kappa shape index (κ3) is 3.90. The third-order valence-corrected chi connectivity index (χ3v) is 7.58. The number of rotatable bonds is 6. The van der Waals surface area contributed by atoms with E-state index >= 15 is 0 Å². The number of fused-ring (bicyclic) bond motifs is 1. The summed E-state index contributed by atoms with van der Waals surface area (Å²) in [6.07, 6.45) is -1.43. The van der Waals surface area contributed by atoms with Crippen molar-refractivity contribution in [3.63, 3.8) is 0 Å². The Morgan fingerprint density at radius 3 is 2.66 bits per heavy atom. The Balaban J connectivity index is 1.64. The van der Waals surface area contributed by atoms with Crippen LogP contribution in [-0.4, -0.2) is 50.0 Å². The summed E-state index contributed by atoms with van der Waals surface area (Å²) in [6.45, 7) is 3.18. The molecular weight excluding hydrogens is 442 g/mol. The van der Waals surface area contributed by atoms with Gasteiger partial charge in [0.25, 0.3) is 5.92 Å². The van der Waals surface area contributed by atoms with E-state index in [-0.39, 0.29) is 31.0 Å². The predicted octanol–water partition coefficient (Wildman–Crippen LogP) is 2.21. The summed E-state index contributed by atoms with van der Waals surface area (Å²) in [5.41, 5.74) is 3.21. The van der Waals surface area contributed by atoms with Crippen molar-refractivity contribution in [3.8, 4) is 11.3 Å². The van der Waals surface area contributed by atoms with Gasteiger partial charge in [0, 0.05) is 38.0 Å². The van der Waals surface area contributed by atoms with Gasteiger partial charge >= 0.3 is 10.2 Å². The van der Waals surface area contributed by atoms with Crippen LogP contribution >= 0.6 is 0 Å². The summed E-state index contributed by atoms with van der Waals surface area (Å²) in [6, 6.07) is 8.77. The van der Waals surface area contributed by atoms with Crippen molar-refractivity contribution in [2.45, 2.75) is 38.8 Å². The van der Waals surface area contributed by atoms with Gasteiger partial charge in [0.05, 0.1) is 11.4 Å². The number of aliphatic hydroxyl groups is 1. The van der Waals surface area contributed by atoms with Gasteiger partial charge in [-0.05, 0) is 43.2 Å². The number of hydrogen-bond donors (Lipinski definition) is 2. The lowest BCUT2D eigenvalue weighted by molar-refractivity contribution is -0.128. The maximum absolute atomic E-state index is 13.4. The van der Waals surface area contributed by atoms with E-state index in [1.54, 1.807) is 12.1 Å². The number of alkyl halides is 2. The molecule has 172 valence electrons. The van der Waals surface area contributed by atoms with Gasteiger partial charge in [-0.2, -0.15) is 8.42 Å². The molecule has 1 amide bonds. The summed E-state index contributed by atoms with van der Waals surface area (Å²) in [7, 11) is -2.62. The molecule has 1 aliphatic heterocycles. The Morgan fingerprint density at radius 2 is 2.03 bits per heavy atom. The lowest BCUT2D eigenvalue weighted by Gasteiger charge is -2.18. The van der Waals surface area contributed by atoms with Crippen LogP contribution in [0.5, 0.6) is 0 Å². The Bertz CT molecular complexity index is 1190. The molecule has 4 rings (SSSR count). The summed E-state index contributed by atoms with van der Waals surface area (Å²) in [5.74, 6) is -4.13. The molecule has 2 N–H and O–H groups in total. The van der Waals surface area contributed by atoms with E-state index < -0.39 is 34.1 Å². The van der Waals surface area contributed by atoms with Crippen molar-refractivity contribution >= 4 is 27.6 Å². The number of aliphatic hydroxyl groups excluding tert-OH is 1. The zero-order valence-electron chi connectivity index (χ0n) is 17.8. The fourth-order valence-corrected chi connectivity index (χ4v) is 5.06. The molecule has 2 aliphatic rings. The molecule has 1 unspecified atom stereocenters. The van der Waals surface area contributed by atoms with Gasteiger partial charge in [-0.25, -0.2) is 22.4 Å². The number of aromatic nitrogens is 1. The largest absolute Gasteiger partial charge is 0.384 e. The molecule has 2 heterocycles. The third-order valence-electron chi connectivity index (χ3n) is 5.81. The molecule has 1 fully saturated rings. The van der Waals surface area contributed by atoms with Gasteiger partial charge in [-0.1, -0.05) is 12.1 Å². The minimum absolute atomic E-state index is 0.179. The van der Waals surface area contributed by atoms with Crippen molar-refractivity contribution in [2.75, 3.05) is 22.2 Å². The minimum atomic E-state index is -3.97. The fraction of sp³-hybridized carbons (Fsp3) is 0.429. The molecule has 1 saturated carbocycles. The summed E-state index contributed by atoms with van der Waals surface area (Å²) in [5, 5.41) is 11.9. The van der Waals surface area contributed by atoms with Crippen molar-refractivity contribution < 1.29 is 27.1 Å². The average molecular weight is 467 g/mol. The van der Waals surface area contributed by atoms with Gasteiger partial charge < -0.3 is 10.4 Å². The normalized spacial score (nSPS) is 21.2. The number of pyridine rings is 1. The summed E-state index contributed by atoms with van der Waals surface area (Å²) < 4.78 is 54.4. The topological polar surface area (TPSA) is 103 Å². The fourth-order valence-electron chi connectivity index (χ4n) is 3.65. The van der Waals surface area contributed by atoms with E-state index in [4.69, 9.17) is 0 Å². The van der Waals surface area contributed by atoms with E-state index in [9.17, 15) is 27.1 Å². The van der Waals surface area contributed by atoms with Crippen molar-refractivity contribution in [1.29, 1.82) is 0 Å². The smallest absolute Gasteiger partial charge is 0.327 e. The Morgan fingerprint density at radius 1 is 1.34 bits per heavy atom. The van der Waals surface area contributed by atoms with E-state index in [0.29, 0.717) is 5.69 Å². The van der Waals surface area contributed by atoms with Crippen LogP contribution in [0.2, 0.25) is 0 Å². The number of aryl methyl sites for hydroxylation is 1. The molecule has 2 atom stereocenters. The van der Waals surface area contributed by atoms with Crippen molar-refractivity contribution in [3.05, 3.63) is 41.5 Å². The molecule has 2 aromatic rings. The van der Waals surface area contributed by atoms with Gasteiger partial charge in [0.2, 0.25) is 5.91 Å². The van der Waals surface area contributed by atoms with Gasteiger partial charge in [0.15, 0.2) is 5.82 Å². The number of benzene rings is 1. The first-order chi connectivity index (χ1) is 14.9. The second-order valence-electron chi connectivity index (χ2n) is 8.25. The first kappa shape index (κ1) is 22.4. The van der Waals surface area contributed by atoms with Crippen molar-refractivity contribution in [2.24, 2.45) is 5.92 Å². The van der Waals surface area contributed by atoms with Gasteiger partial charge in [0.1, 0.15) is 6.10 Å². The van der Waals surface area contributed by atoms with Gasteiger partial charge in [-0.15, -0.1) is 0 Å². The van der Waals surface area contributed by atoms with E-state index in [0.717, 1.165) is 25.3 Å². The van der Waals surface area contributed by atoms with Crippen LogP contribution in [0.1, 0.15) is 24.5 Å². The maximum atomic E-state index is 13.4. The molecular formula is C21H24F2N4O4S. The molecule has 1 aromatic heterocycles. The number of nitrogens with zero attached hydrogens (tertiary/aromatic N) is 3. The van der Waals surface area contributed by atoms with Gasteiger partial charge in [-0.3, -0.25) is 4.79 Å². The molecule has 11 heteroatoms. The average Bonchev–Trinajstić information content (AvgIpc) is 3.30. The van der Waals surface area contributed by atoms with Crippen LogP contribution in [0, 0.1) is 12.8 Å². The summed E-state index contributed by atoms with van der Waals surface area (Å²) in [4.78, 5) is 16.2. The number of amides is 1. The SMILES string of the molecule is Cc1ccc(CNC(=O)[C@@H](C)O)cc1-c1ccc2c(n1)N(C)S(=O)(=O)N2CC1CC1(F)F. The predicted molar refractivity (Wildman–Crippen MR) is 116 cm³/mol. The molecule has 32 heavy (non-hydrogen) atoms. The lowest BCUT2D eigenvalue weighted by Crippen LogP contribution is -2.37. The lowest BCUT2D eigenvalue weighted by atomic mass is 10.0. The number of carbonyl (C=O) groups excluding carboxylic acids is 1. The summed E-state index contributed by atoms with van der Waals surface area (Å²) >= 11 is 0. The van der Waals surface area contributed by atoms with Crippen LogP contribution in [-0.2, 0) is 21.5 Å². The number of carbonyl (C=O) groups is 1. The highest BCUT2D eigenvalue weighted by molar-refractivity contribution is 7.94. The Hall–Kier alpha value is -2.79. The van der Waals surface area contributed by atoms with Crippen LogP contribution in [0.3, 0.4) is 0 Å². The standard InChI is InChI=1S/C21H24F2N4O4S/c1-12-4-5-14(10-24-20(29)13(2)28)8-16(12)17-6-7-18-19(25-17)26(3)32(30,31)27(18)11-15-9-21(15,22)23/h4-8,13,15,28H,9-11H2,1-3H3,(H,24,29)/t13-,15?/m1/s1. The highest BCUT2D eigenvalue weighted by atomic mass is 32.2. The highest BCUT2D eigenvalue weighted by Gasteiger charge is 2.59. The van der Waals surface area contributed by atoms with Crippen LogP contribution in [0.4, 0.5) is 20.3 Å². The van der Waals surface area contributed by atoms with E-state index in [2.05, 4.69) is 10.3 Å². The minimum Gasteiger partial charge on any atom is -0.384 e. The Kier molecular flexibility index (Phi) is 5.36. The molecule has 0 saturated heterocycles. The second kappa shape index (κ2) is 7.66. The number of nitrogens with one attached hydrogen (secondary N) is 1. The zero-order chi connectivity index (χ0) is 23.4. The Labute approximate surface area is 185 Å². The molecule has 0 bridgehead atoms. The monoisotopic (exact) mass is 466 g/mol. The zero-order valence-corrected chi connectivity index (χ0v) is 18.7. The quantitative estimate of drug-likeness (QED) is 0.680. The first-order valence-corrected chi connectivity index (χ1v) is 11.5. The molecule has 1 aliphatic carbocycles. The van der Waals surface area contributed by atoms with E-state index in [1.807, 2.05) is 25.1 Å². The highest BCUT2D eigenvalue weighted by Crippen LogP contribution is 2.51. The second-order valence-corrected chi connectivity index (χ2v) is 10.1. The molecule has 0 radical (unpaired) electrons. The number of anilines is 2. The first-order valence-electron chi connectivity index (χ1n) is 10.1. The number of halogens is 2. The molecule has 0 spiro atoms. The number of hydrogen-bond acceptors (Lipinski definition) is 5. The maximum Gasteiger partial charge on any atom is 0.327 e. The van der Waals surface area contributed by atoms with Crippen LogP contribution in [0.25, 0.3) is 11.3 Å². The van der Waals surface area contributed by atoms with E-state index in [1.165, 1.54) is 14.0 Å². The van der Waals surface area contributed by atoms with Crippen LogP contribution in [0.15, 0.2) is 30.3 Å². The van der Waals surface area contributed by atoms with Crippen molar-refractivity contribution in [1.82, 2.24) is 10.3 Å². The molecule has 8 nitrogen and oxygen atoms in total.